The molecule has 178 valence electrons. The van der Waals surface area contributed by atoms with Crippen LogP contribution in [0, 0.1) is 0 Å². The topological polar surface area (TPSA) is 97.8 Å². The van der Waals surface area contributed by atoms with E-state index in [1.165, 1.54) is 26.4 Å². The highest BCUT2D eigenvalue weighted by Crippen LogP contribution is 2.35. The Balaban J connectivity index is 1.55. The van der Waals surface area contributed by atoms with Crippen molar-refractivity contribution < 1.29 is 22.7 Å². The molecule has 0 saturated carbocycles. The molecular formula is C25H27N3O5S. The smallest absolute Gasteiger partial charge is 0.259 e. The predicted octanol–water partition coefficient (Wildman–Crippen LogP) is 4.27. The maximum atomic E-state index is 13.5. The van der Waals surface area contributed by atoms with Crippen LogP contribution >= 0.6 is 0 Å². The maximum Gasteiger partial charge on any atom is 0.259 e. The molecule has 8 nitrogen and oxygen atoms in total. The van der Waals surface area contributed by atoms with Gasteiger partial charge in [-0.15, -0.1) is 0 Å². The van der Waals surface area contributed by atoms with Crippen LogP contribution in [0.2, 0.25) is 0 Å². The Bertz CT molecular complexity index is 1250. The number of rotatable bonds is 7. The molecule has 0 aliphatic carbocycles. The molecule has 9 heteroatoms. The minimum absolute atomic E-state index is 0.181. The van der Waals surface area contributed by atoms with E-state index in [4.69, 9.17) is 9.47 Å². The Morgan fingerprint density at radius 1 is 1.03 bits per heavy atom. The average molecular weight is 482 g/mol. The van der Waals surface area contributed by atoms with Crippen LogP contribution in [0.25, 0.3) is 0 Å². The summed E-state index contributed by atoms with van der Waals surface area (Å²) >= 11 is 0. The molecule has 1 aliphatic heterocycles. The lowest BCUT2D eigenvalue weighted by Crippen LogP contribution is -2.38. The van der Waals surface area contributed by atoms with Gasteiger partial charge in [-0.3, -0.25) is 9.78 Å². The van der Waals surface area contributed by atoms with E-state index in [1.54, 1.807) is 47.0 Å². The standard InChI is InChI=1S/C25H27N3O5S/c1-32-23-10-5-8-21(24(23)33-2)25(29)27-19-11-13-20(14-12-19)34(30,31)28-16-4-3-9-22(28)18-7-6-15-26-17-18/h5-8,10-15,17,22H,3-4,9,16H2,1-2H3,(H,27,29). The molecule has 1 saturated heterocycles. The van der Waals surface area contributed by atoms with E-state index in [9.17, 15) is 13.2 Å². The van der Waals surface area contributed by atoms with Gasteiger partial charge in [0.1, 0.15) is 0 Å². The van der Waals surface area contributed by atoms with Gasteiger partial charge in [-0.05, 0) is 60.9 Å². The lowest BCUT2D eigenvalue weighted by Gasteiger charge is -2.34. The van der Waals surface area contributed by atoms with Crippen LogP contribution in [0.3, 0.4) is 0 Å². The molecule has 3 aromatic rings. The van der Waals surface area contributed by atoms with Crippen molar-refractivity contribution in [1.82, 2.24) is 9.29 Å². The van der Waals surface area contributed by atoms with Crippen molar-refractivity contribution in [1.29, 1.82) is 0 Å². The Hall–Kier alpha value is -3.43. The summed E-state index contributed by atoms with van der Waals surface area (Å²) in [6.07, 6.45) is 5.93. The number of aromatic nitrogens is 1. The van der Waals surface area contributed by atoms with Gasteiger partial charge in [0.2, 0.25) is 10.0 Å². The van der Waals surface area contributed by atoms with Gasteiger partial charge in [0.15, 0.2) is 11.5 Å². The first-order chi connectivity index (χ1) is 16.5. The highest BCUT2D eigenvalue weighted by molar-refractivity contribution is 7.89. The number of anilines is 1. The predicted molar refractivity (Wildman–Crippen MR) is 129 cm³/mol. The Morgan fingerprint density at radius 2 is 1.82 bits per heavy atom. The van der Waals surface area contributed by atoms with Gasteiger partial charge in [0.25, 0.3) is 5.91 Å². The number of carbonyl (C=O) groups excluding carboxylic acids is 1. The number of hydrogen-bond donors (Lipinski definition) is 1. The van der Waals surface area contributed by atoms with Crippen molar-refractivity contribution in [2.45, 2.75) is 30.2 Å². The maximum absolute atomic E-state index is 13.5. The summed E-state index contributed by atoms with van der Waals surface area (Å²) in [5.74, 6) is 0.383. The van der Waals surface area contributed by atoms with Crippen LogP contribution in [0.15, 0.2) is 71.9 Å². The number of carbonyl (C=O) groups is 1. The lowest BCUT2D eigenvalue weighted by atomic mass is 9.99. The van der Waals surface area contributed by atoms with Gasteiger partial charge in [0.05, 0.1) is 30.7 Å². The molecular weight excluding hydrogens is 454 g/mol. The molecule has 1 aromatic heterocycles. The number of para-hydroxylation sites is 1. The number of amides is 1. The number of nitrogens with zero attached hydrogens (tertiary/aromatic N) is 2. The van der Waals surface area contributed by atoms with E-state index < -0.39 is 10.0 Å². The zero-order chi connectivity index (χ0) is 24.1. The molecule has 1 fully saturated rings. The summed E-state index contributed by atoms with van der Waals surface area (Å²) in [7, 11) is -0.754. The van der Waals surface area contributed by atoms with Gasteiger partial charge in [-0.2, -0.15) is 4.31 Å². The fourth-order valence-corrected chi connectivity index (χ4v) is 5.89. The first-order valence-electron chi connectivity index (χ1n) is 11.0. The van der Waals surface area contributed by atoms with Crippen molar-refractivity contribution in [3.63, 3.8) is 0 Å². The molecule has 0 spiro atoms. The molecule has 34 heavy (non-hydrogen) atoms. The number of benzene rings is 2. The van der Waals surface area contributed by atoms with Crippen LogP contribution in [0.4, 0.5) is 5.69 Å². The first kappa shape index (κ1) is 23.7. The van der Waals surface area contributed by atoms with Crippen molar-refractivity contribution in [2.24, 2.45) is 0 Å². The van der Waals surface area contributed by atoms with Gasteiger partial charge >= 0.3 is 0 Å². The molecule has 1 unspecified atom stereocenters. The third kappa shape index (κ3) is 4.76. The fraction of sp³-hybridized carbons (Fsp3) is 0.280. The Morgan fingerprint density at radius 3 is 2.50 bits per heavy atom. The summed E-state index contributed by atoms with van der Waals surface area (Å²) in [6.45, 7) is 0.454. The van der Waals surface area contributed by atoms with Crippen molar-refractivity contribution in [2.75, 3.05) is 26.1 Å². The fourth-order valence-electron chi connectivity index (χ4n) is 4.21. The minimum Gasteiger partial charge on any atom is -0.493 e. The number of nitrogens with one attached hydrogen (secondary N) is 1. The SMILES string of the molecule is COc1cccc(C(=O)Nc2ccc(S(=O)(=O)N3CCCCC3c3cccnc3)cc2)c1OC. The highest BCUT2D eigenvalue weighted by Gasteiger charge is 2.34. The van der Waals surface area contributed by atoms with Crippen LogP contribution < -0.4 is 14.8 Å². The van der Waals surface area contributed by atoms with Gasteiger partial charge in [-0.25, -0.2) is 8.42 Å². The highest BCUT2D eigenvalue weighted by atomic mass is 32.2. The van der Waals surface area contributed by atoms with Gasteiger partial charge < -0.3 is 14.8 Å². The van der Waals surface area contributed by atoms with Crippen LogP contribution in [-0.4, -0.2) is 44.4 Å². The Kier molecular flexibility index (Phi) is 7.14. The zero-order valence-corrected chi connectivity index (χ0v) is 19.9. The van der Waals surface area contributed by atoms with Crippen molar-refractivity contribution in [3.05, 3.63) is 78.1 Å². The van der Waals surface area contributed by atoms with Gasteiger partial charge in [0, 0.05) is 24.6 Å². The summed E-state index contributed by atoms with van der Waals surface area (Å²) in [4.78, 5) is 17.2. The molecule has 4 rings (SSSR count). The Labute approximate surface area is 199 Å². The van der Waals surface area contributed by atoms with E-state index >= 15 is 0 Å². The number of piperidine rings is 1. The molecule has 1 aliphatic rings. The minimum atomic E-state index is -3.72. The van der Waals surface area contributed by atoms with Crippen LogP contribution in [-0.2, 0) is 10.0 Å². The van der Waals surface area contributed by atoms with E-state index in [0.717, 1.165) is 24.8 Å². The molecule has 2 aromatic carbocycles. The number of ether oxygens (including phenoxy) is 2. The molecule has 0 bridgehead atoms. The normalized spacial score (nSPS) is 16.6. The van der Waals surface area contributed by atoms with E-state index in [0.29, 0.717) is 29.3 Å². The molecule has 1 amide bonds. The summed E-state index contributed by atoms with van der Waals surface area (Å²) in [6, 6.07) is 14.7. The second kappa shape index (κ2) is 10.2. The van der Waals surface area contributed by atoms with Crippen molar-refractivity contribution >= 4 is 21.6 Å². The summed E-state index contributed by atoms with van der Waals surface area (Å²) in [5, 5.41) is 2.79. The zero-order valence-electron chi connectivity index (χ0n) is 19.1. The van der Waals surface area contributed by atoms with E-state index in [2.05, 4.69) is 10.3 Å². The largest absolute Gasteiger partial charge is 0.493 e. The van der Waals surface area contributed by atoms with E-state index in [-0.39, 0.29) is 16.8 Å². The monoisotopic (exact) mass is 481 g/mol. The van der Waals surface area contributed by atoms with Crippen LogP contribution in [0.5, 0.6) is 11.5 Å². The number of hydrogen-bond acceptors (Lipinski definition) is 6. The third-order valence-electron chi connectivity index (χ3n) is 5.89. The van der Waals surface area contributed by atoms with Gasteiger partial charge in [-0.1, -0.05) is 18.6 Å². The second-order valence-electron chi connectivity index (χ2n) is 7.93. The third-order valence-corrected chi connectivity index (χ3v) is 7.81. The molecule has 0 radical (unpaired) electrons. The second-order valence-corrected chi connectivity index (χ2v) is 9.82. The van der Waals surface area contributed by atoms with E-state index in [1.807, 2.05) is 12.1 Å². The number of pyridine rings is 1. The number of methoxy groups -OCH3 is 2. The lowest BCUT2D eigenvalue weighted by molar-refractivity contribution is 0.102. The number of sulfonamides is 1. The molecule has 1 atom stereocenters. The van der Waals surface area contributed by atoms with Crippen LogP contribution in [0.1, 0.15) is 41.2 Å². The van der Waals surface area contributed by atoms with Crippen molar-refractivity contribution in [3.8, 4) is 11.5 Å². The average Bonchev–Trinajstić information content (AvgIpc) is 2.89. The summed E-state index contributed by atoms with van der Waals surface area (Å²) < 4.78 is 39.1. The quantitative estimate of drug-likeness (QED) is 0.541. The molecule has 2 heterocycles. The summed E-state index contributed by atoms with van der Waals surface area (Å²) in [5.41, 5.74) is 1.67. The molecule has 1 N–H and O–H groups in total. The first-order valence-corrected chi connectivity index (χ1v) is 12.4.